The third-order valence-corrected chi connectivity index (χ3v) is 4.17. The molecule has 0 saturated heterocycles. The maximum atomic E-state index is 12.4. The summed E-state index contributed by atoms with van der Waals surface area (Å²) in [6.07, 6.45) is 0. The molecule has 10 N–H and O–H groups in total. The highest BCUT2D eigenvalue weighted by Crippen LogP contribution is 2.11. The van der Waals surface area contributed by atoms with Crippen LogP contribution >= 0.6 is 0 Å². The molecule has 0 aromatic heterocycles. The Labute approximate surface area is 190 Å². The van der Waals surface area contributed by atoms with Gasteiger partial charge in [0.2, 0.25) is 17.8 Å². The lowest BCUT2D eigenvalue weighted by molar-refractivity contribution is -0.115. The van der Waals surface area contributed by atoms with Crippen molar-refractivity contribution in [3.8, 4) is 0 Å². The Morgan fingerprint density at radius 1 is 0.758 bits per heavy atom. The molecule has 2 aromatic carbocycles. The van der Waals surface area contributed by atoms with Gasteiger partial charge in [-0.25, -0.2) is 0 Å². The van der Waals surface area contributed by atoms with Crippen LogP contribution in [0.4, 0.5) is 5.69 Å². The van der Waals surface area contributed by atoms with Crippen molar-refractivity contribution in [3.05, 3.63) is 65.2 Å². The third kappa shape index (κ3) is 8.13. The quantitative estimate of drug-likeness (QED) is 0.185. The minimum Gasteiger partial charge on any atom is -0.369 e. The summed E-state index contributed by atoms with van der Waals surface area (Å²) < 4.78 is 0. The van der Waals surface area contributed by atoms with E-state index >= 15 is 0 Å². The predicted octanol–water partition coefficient (Wildman–Crippen LogP) is 0.0499. The number of carbonyl (C=O) groups is 2. The molecular weight excluding hydrogens is 424 g/mol. The zero-order chi connectivity index (χ0) is 24.4. The van der Waals surface area contributed by atoms with Crippen molar-refractivity contribution in [3.63, 3.8) is 0 Å². The fraction of sp³-hybridized carbons (Fsp3) is 0.143. The van der Waals surface area contributed by atoms with E-state index in [0.29, 0.717) is 28.2 Å². The molecule has 0 aliphatic carbocycles. The molecule has 0 spiro atoms. The molecule has 33 heavy (non-hydrogen) atoms. The number of anilines is 1. The van der Waals surface area contributed by atoms with E-state index in [-0.39, 0.29) is 24.4 Å². The number of rotatable bonds is 8. The lowest BCUT2D eigenvalue weighted by Gasteiger charge is -2.09. The predicted molar refractivity (Wildman–Crippen MR) is 130 cm³/mol. The van der Waals surface area contributed by atoms with Gasteiger partial charge in [-0.2, -0.15) is 10.2 Å². The summed E-state index contributed by atoms with van der Waals surface area (Å²) in [5.74, 6) is -1.11. The zero-order valence-electron chi connectivity index (χ0n) is 18.2. The largest absolute Gasteiger partial charge is 0.369 e. The number of nitrogens with two attached hydrogens (primary N) is 4. The van der Waals surface area contributed by atoms with Crippen LogP contribution in [-0.2, 0) is 4.79 Å². The molecule has 2 amide bonds. The lowest BCUT2D eigenvalue weighted by Crippen LogP contribution is -2.32. The van der Waals surface area contributed by atoms with E-state index < -0.39 is 5.91 Å². The monoisotopic (exact) mass is 450 g/mol. The van der Waals surface area contributed by atoms with E-state index in [4.69, 9.17) is 22.9 Å². The van der Waals surface area contributed by atoms with Gasteiger partial charge in [0.05, 0.1) is 18.0 Å². The first-order chi connectivity index (χ1) is 15.7. The maximum Gasteiger partial charge on any atom is 0.251 e. The van der Waals surface area contributed by atoms with Crippen LogP contribution in [0.15, 0.2) is 68.9 Å². The maximum absolute atomic E-state index is 12.4. The number of nitrogens with one attached hydrogen (secondary N) is 2. The highest BCUT2D eigenvalue weighted by Gasteiger charge is 2.10. The van der Waals surface area contributed by atoms with Gasteiger partial charge in [0, 0.05) is 11.3 Å². The lowest BCUT2D eigenvalue weighted by atomic mass is 10.1. The standard InChI is InChI=1S/C21H26N10O2/c1-12(28-30-20(22)23)14-6-8-17(9-7-14)27-18(32)11-26-19(33)16-5-3-4-15(10-16)13(2)29-31-21(24)25/h3-10H,11H2,1-2H3,(H,26,33)(H,27,32)(H4,22,23,30)(H4,24,25,31). The van der Waals surface area contributed by atoms with Crippen LogP contribution in [0.1, 0.15) is 35.3 Å². The molecule has 2 rings (SSSR count). The zero-order valence-corrected chi connectivity index (χ0v) is 18.2. The van der Waals surface area contributed by atoms with Crippen LogP contribution < -0.4 is 33.6 Å². The molecule has 0 unspecified atom stereocenters. The molecule has 2 aromatic rings. The van der Waals surface area contributed by atoms with E-state index in [9.17, 15) is 9.59 Å². The van der Waals surface area contributed by atoms with E-state index in [1.807, 2.05) is 0 Å². The van der Waals surface area contributed by atoms with Crippen LogP contribution in [0.5, 0.6) is 0 Å². The second kappa shape index (κ2) is 11.6. The Kier molecular flexibility index (Phi) is 8.62. The van der Waals surface area contributed by atoms with Crippen molar-refractivity contribution < 1.29 is 9.59 Å². The Bertz CT molecular complexity index is 1130. The fourth-order valence-corrected chi connectivity index (χ4v) is 2.53. The molecule has 0 aliphatic rings. The van der Waals surface area contributed by atoms with Crippen molar-refractivity contribution in [2.75, 3.05) is 11.9 Å². The number of carbonyl (C=O) groups excluding carboxylic acids is 2. The molecule has 0 radical (unpaired) electrons. The third-order valence-electron chi connectivity index (χ3n) is 4.17. The van der Waals surface area contributed by atoms with Gasteiger partial charge in [-0.1, -0.05) is 24.3 Å². The summed E-state index contributed by atoms with van der Waals surface area (Å²) in [4.78, 5) is 24.6. The van der Waals surface area contributed by atoms with E-state index in [0.717, 1.165) is 5.56 Å². The molecule has 0 atom stereocenters. The molecule has 0 bridgehead atoms. The molecular formula is C21H26N10O2. The Hall–Kier alpha value is -4.74. The molecule has 0 heterocycles. The average molecular weight is 451 g/mol. The second-order valence-electron chi connectivity index (χ2n) is 6.81. The molecule has 12 nitrogen and oxygen atoms in total. The number of hydrogen-bond donors (Lipinski definition) is 6. The van der Waals surface area contributed by atoms with Crippen molar-refractivity contribution in [1.82, 2.24) is 5.32 Å². The minimum absolute atomic E-state index is 0.138. The number of nitrogens with zero attached hydrogens (tertiary/aromatic N) is 4. The summed E-state index contributed by atoms with van der Waals surface area (Å²) in [7, 11) is 0. The first-order valence-electron chi connectivity index (χ1n) is 9.71. The average Bonchev–Trinajstić information content (AvgIpc) is 2.79. The van der Waals surface area contributed by atoms with Gasteiger partial charge < -0.3 is 33.6 Å². The summed E-state index contributed by atoms with van der Waals surface area (Å²) in [5, 5.41) is 20.2. The van der Waals surface area contributed by atoms with E-state index in [1.165, 1.54) is 0 Å². The smallest absolute Gasteiger partial charge is 0.251 e. The van der Waals surface area contributed by atoms with E-state index in [2.05, 4.69) is 31.0 Å². The first-order valence-corrected chi connectivity index (χ1v) is 9.71. The van der Waals surface area contributed by atoms with Crippen LogP contribution in [0.3, 0.4) is 0 Å². The van der Waals surface area contributed by atoms with Crippen molar-refractivity contribution >= 4 is 40.8 Å². The van der Waals surface area contributed by atoms with E-state index in [1.54, 1.807) is 62.4 Å². The van der Waals surface area contributed by atoms with Crippen molar-refractivity contribution in [2.45, 2.75) is 13.8 Å². The second-order valence-corrected chi connectivity index (χ2v) is 6.81. The molecule has 0 saturated carbocycles. The SMILES string of the molecule is CC(=NN=C(N)N)c1ccc(NC(=O)CNC(=O)c2cccc(C(C)=NN=C(N)N)c2)cc1. The van der Waals surface area contributed by atoms with Gasteiger partial charge in [0.15, 0.2) is 0 Å². The number of hydrogen-bond acceptors (Lipinski definition) is 6. The molecule has 0 fully saturated rings. The molecule has 0 aliphatic heterocycles. The highest BCUT2D eigenvalue weighted by molar-refractivity contribution is 6.04. The molecule has 172 valence electrons. The topological polar surface area (TPSA) is 212 Å². The Balaban J connectivity index is 1.95. The van der Waals surface area contributed by atoms with Crippen LogP contribution in [0.2, 0.25) is 0 Å². The van der Waals surface area contributed by atoms with Crippen molar-refractivity contribution in [1.29, 1.82) is 0 Å². The number of amides is 2. The normalized spacial score (nSPS) is 11.3. The van der Waals surface area contributed by atoms with Crippen molar-refractivity contribution in [2.24, 2.45) is 43.3 Å². The van der Waals surface area contributed by atoms with Crippen LogP contribution in [0, 0.1) is 0 Å². The molecule has 12 heteroatoms. The summed E-state index contributed by atoms with van der Waals surface area (Å²) >= 11 is 0. The van der Waals surface area contributed by atoms with Crippen LogP contribution in [0.25, 0.3) is 0 Å². The van der Waals surface area contributed by atoms with Crippen LogP contribution in [-0.4, -0.2) is 41.7 Å². The summed E-state index contributed by atoms with van der Waals surface area (Å²) in [5.41, 5.74) is 24.5. The first kappa shape index (κ1) is 24.5. The van der Waals surface area contributed by atoms with Gasteiger partial charge in [-0.05, 0) is 49.2 Å². The Morgan fingerprint density at radius 2 is 1.30 bits per heavy atom. The number of guanidine groups is 2. The highest BCUT2D eigenvalue weighted by atomic mass is 16.2. The Morgan fingerprint density at radius 3 is 1.88 bits per heavy atom. The number of benzene rings is 2. The van der Waals surface area contributed by atoms with Gasteiger partial charge in [-0.3, -0.25) is 9.59 Å². The van der Waals surface area contributed by atoms with Gasteiger partial charge in [0.1, 0.15) is 0 Å². The van der Waals surface area contributed by atoms with Gasteiger partial charge in [0.25, 0.3) is 5.91 Å². The summed E-state index contributed by atoms with van der Waals surface area (Å²) in [6, 6.07) is 13.6. The summed E-state index contributed by atoms with van der Waals surface area (Å²) in [6.45, 7) is 3.24. The fourth-order valence-electron chi connectivity index (χ4n) is 2.53. The minimum atomic E-state index is -0.413. The van der Waals surface area contributed by atoms with Gasteiger partial charge >= 0.3 is 0 Å². The van der Waals surface area contributed by atoms with Gasteiger partial charge in [-0.15, -0.1) is 10.2 Å².